The number of aliphatic carboxylic acids is 1. The van der Waals surface area contributed by atoms with Gasteiger partial charge in [0.1, 0.15) is 0 Å². The van der Waals surface area contributed by atoms with Crippen LogP contribution in [-0.2, 0) is 16.6 Å². The molecule has 2 nitrogen and oxygen atoms in total. The van der Waals surface area contributed by atoms with Gasteiger partial charge in [-0.2, -0.15) is 0 Å². The van der Waals surface area contributed by atoms with E-state index in [2.05, 4.69) is 19.1 Å². The van der Waals surface area contributed by atoms with Crippen molar-refractivity contribution < 1.29 is 9.90 Å². The van der Waals surface area contributed by atoms with Crippen LogP contribution in [-0.4, -0.2) is 11.1 Å². The summed E-state index contributed by atoms with van der Waals surface area (Å²) >= 11 is 6.05. The summed E-state index contributed by atoms with van der Waals surface area (Å²) in [5, 5.41) is 9.89. The summed E-state index contributed by atoms with van der Waals surface area (Å²) in [7, 11) is 0. The van der Waals surface area contributed by atoms with Crippen molar-refractivity contribution >= 4 is 17.6 Å². The molecule has 0 aromatic heterocycles. The summed E-state index contributed by atoms with van der Waals surface area (Å²) in [4.78, 5) is 11.1. The van der Waals surface area contributed by atoms with Gasteiger partial charge in [-0.15, -0.1) is 0 Å². The molecule has 98 valence electrons. The zero-order valence-electron chi connectivity index (χ0n) is 10.7. The van der Waals surface area contributed by atoms with E-state index in [0.29, 0.717) is 12.0 Å². The summed E-state index contributed by atoms with van der Waals surface area (Å²) < 4.78 is 0. The van der Waals surface area contributed by atoms with Gasteiger partial charge in [-0.1, -0.05) is 30.7 Å². The monoisotopic (exact) mass is 274 g/mol. The third kappa shape index (κ3) is 1.91. The number of carbonyl (C=O) groups is 1. The normalized spacial score (nSPS) is 24.9. The standard InChI is InChI=1S/C16H15ClO2/c1-16-7-6-11(15(18)19)8-12(16)3-2-10-9-13(17)4-5-14(10)16/h3-5,8-9H,2,6-7H2,1H3,(H,18,19)/t16-/m0/s1. The predicted molar refractivity (Wildman–Crippen MR) is 75.5 cm³/mol. The molecule has 0 spiro atoms. The summed E-state index contributed by atoms with van der Waals surface area (Å²) in [6.07, 6.45) is 6.27. The maximum Gasteiger partial charge on any atom is 0.331 e. The molecule has 0 fully saturated rings. The number of fused-ring (bicyclic) bond motifs is 3. The Kier molecular flexibility index (Phi) is 2.79. The third-order valence-electron chi connectivity index (χ3n) is 4.34. The molecule has 0 amide bonds. The van der Waals surface area contributed by atoms with E-state index in [1.54, 1.807) is 0 Å². The minimum absolute atomic E-state index is 0.0723. The van der Waals surface area contributed by atoms with Crippen molar-refractivity contribution in [2.45, 2.75) is 31.6 Å². The van der Waals surface area contributed by atoms with Gasteiger partial charge in [-0.05, 0) is 54.2 Å². The van der Waals surface area contributed by atoms with Crippen LogP contribution in [0.4, 0.5) is 0 Å². The van der Waals surface area contributed by atoms with Gasteiger partial charge in [0.05, 0.1) is 0 Å². The zero-order valence-corrected chi connectivity index (χ0v) is 11.5. The summed E-state index contributed by atoms with van der Waals surface area (Å²) in [5.74, 6) is -0.801. The summed E-state index contributed by atoms with van der Waals surface area (Å²) in [5.41, 5.74) is 4.12. The number of rotatable bonds is 1. The van der Waals surface area contributed by atoms with Crippen molar-refractivity contribution in [1.29, 1.82) is 0 Å². The first kappa shape index (κ1) is 12.5. The van der Waals surface area contributed by atoms with E-state index in [1.807, 2.05) is 18.2 Å². The summed E-state index contributed by atoms with van der Waals surface area (Å²) in [6.45, 7) is 2.19. The van der Waals surface area contributed by atoms with Crippen molar-refractivity contribution in [3.05, 3.63) is 57.6 Å². The molecule has 1 aromatic rings. The molecule has 0 aliphatic heterocycles. The Bertz CT molecular complexity index is 628. The average Bonchev–Trinajstić information content (AvgIpc) is 2.37. The Morgan fingerprint density at radius 2 is 2.21 bits per heavy atom. The smallest absolute Gasteiger partial charge is 0.331 e. The van der Waals surface area contributed by atoms with Crippen LogP contribution in [0.15, 0.2) is 41.5 Å². The molecule has 0 unspecified atom stereocenters. The van der Waals surface area contributed by atoms with Crippen molar-refractivity contribution in [2.75, 3.05) is 0 Å². The molecule has 1 N–H and O–H groups in total. The highest BCUT2D eigenvalue weighted by atomic mass is 35.5. The van der Waals surface area contributed by atoms with Gasteiger partial charge >= 0.3 is 5.97 Å². The van der Waals surface area contributed by atoms with Crippen LogP contribution >= 0.6 is 11.6 Å². The maximum atomic E-state index is 11.1. The van der Waals surface area contributed by atoms with E-state index in [-0.39, 0.29) is 5.41 Å². The van der Waals surface area contributed by atoms with Gasteiger partial charge in [0, 0.05) is 16.0 Å². The van der Waals surface area contributed by atoms with E-state index < -0.39 is 5.97 Å². The largest absolute Gasteiger partial charge is 0.478 e. The number of carboxylic acids is 1. The van der Waals surface area contributed by atoms with Gasteiger partial charge in [-0.25, -0.2) is 4.79 Å². The van der Waals surface area contributed by atoms with E-state index in [0.717, 1.165) is 23.4 Å². The Balaban J connectivity index is 2.11. The molecular weight excluding hydrogens is 260 g/mol. The number of halogens is 1. The van der Waals surface area contributed by atoms with Crippen LogP contribution in [0.25, 0.3) is 0 Å². The molecule has 2 aliphatic carbocycles. The fourth-order valence-corrected chi connectivity index (χ4v) is 3.38. The van der Waals surface area contributed by atoms with E-state index in [1.165, 1.54) is 11.1 Å². The molecule has 1 aromatic carbocycles. The predicted octanol–water partition coefficient (Wildman–Crippen LogP) is 3.89. The van der Waals surface area contributed by atoms with Gasteiger partial charge < -0.3 is 5.11 Å². The minimum atomic E-state index is -0.801. The van der Waals surface area contributed by atoms with E-state index in [9.17, 15) is 4.79 Å². The molecule has 0 radical (unpaired) electrons. The first-order valence-corrected chi connectivity index (χ1v) is 6.82. The fourth-order valence-electron chi connectivity index (χ4n) is 3.18. The van der Waals surface area contributed by atoms with Gasteiger partial charge in [0.15, 0.2) is 0 Å². The van der Waals surface area contributed by atoms with Crippen LogP contribution in [0.3, 0.4) is 0 Å². The lowest BCUT2D eigenvalue weighted by Gasteiger charge is -2.39. The molecule has 0 bridgehead atoms. The van der Waals surface area contributed by atoms with Gasteiger partial charge in [0.2, 0.25) is 0 Å². The molecule has 19 heavy (non-hydrogen) atoms. The highest BCUT2D eigenvalue weighted by Gasteiger charge is 2.37. The number of hydrogen-bond acceptors (Lipinski definition) is 1. The number of benzene rings is 1. The number of carboxylic acid groups (broad SMARTS) is 1. The Morgan fingerprint density at radius 3 is 2.95 bits per heavy atom. The second-order valence-electron chi connectivity index (χ2n) is 5.47. The van der Waals surface area contributed by atoms with Crippen molar-refractivity contribution in [3.8, 4) is 0 Å². The molecule has 0 heterocycles. The van der Waals surface area contributed by atoms with Gasteiger partial charge in [-0.3, -0.25) is 0 Å². The minimum Gasteiger partial charge on any atom is -0.478 e. The van der Waals surface area contributed by atoms with Crippen LogP contribution in [0.2, 0.25) is 5.02 Å². The lowest BCUT2D eigenvalue weighted by molar-refractivity contribution is -0.132. The Morgan fingerprint density at radius 1 is 1.42 bits per heavy atom. The van der Waals surface area contributed by atoms with Crippen molar-refractivity contribution in [3.63, 3.8) is 0 Å². The molecule has 0 saturated heterocycles. The lowest BCUT2D eigenvalue weighted by atomic mass is 9.64. The summed E-state index contributed by atoms with van der Waals surface area (Å²) in [6, 6.07) is 6.03. The molecule has 1 atom stereocenters. The third-order valence-corrected chi connectivity index (χ3v) is 4.57. The first-order chi connectivity index (χ1) is 9.00. The highest BCUT2D eigenvalue weighted by molar-refractivity contribution is 6.30. The molecule has 0 saturated carbocycles. The molecule has 3 heteroatoms. The van der Waals surface area contributed by atoms with Crippen LogP contribution in [0.5, 0.6) is 0 Å². The lowest BCUT2D eigenvalue weighted by Crippen LogP contribution is -2.32. The zero-order chi connectivity index (χ0) is 13.6. The fraction of sp³-hybridized carbons (Fsp3) is 0.312. The van der Waals surface area contributed by atoms with Crippen LogP contribution in [0.1, 0.15) is 30.9 Å². The molecule has 2 aliphatic rings. The van der Waals surface area contributed by atoms with E-state index >= 15 is 0 Å². The SMILES string of the molecule is C[C@]12CCC(C(=O)O)=CC1=CCc1cc(Cl)ccc12. The Labute approximate surface area is 117 Å². The second-order valence-corrected chi connectivity index (χ2v) is 5.91. The number of hydrogen-bond donors (Lipinski definition) is 1. The Hall–Kier alpha value is -1.54. The topological polar surface area (TPSA) is 37.3 Å². The quantitative estimate of drug-likeness (QED) is 0.844. The van der Waals surface area contributed by atoms with E-state index in [4.69, 9.17) is 16.7 Å². The van der Waals surface area contributed by atoms with Crippen molar-refractivity contribution in [1.82, 2.24) is 0 Å². The van der Waals surface area contributed by atoms with Crippen LogP contribution in [0, 0.1) is 0 Å². The molecular formula is C16H15ClO2. The first-order valence-electron chi connectivity index (χ1n) is 6.44. The van der Waals surface area contributed by atoms with Crippen LogP contribution < -0.4 is 0 Å². The second kappa shape index (κ2) is 4.24. The highest BCUT2D eigenvalue weighted by Crippen LogP contribution is 2.46. The number of allylic oxidation sites excluding steroid dienone is 3. The van der Waals surface area contributed by atoms with Crippen molar-refractivity contribution in [2.24, 2.45) is 0 Å². The average molecular weight is 275 g/mol. The van der Waals surface area contributed by atoms with Gasteiger partial charge in [0.25, 0.3) is 0 Å². The maximum absolute atomic E-state index is 11.1. The molecule has 3 rings (SSSR count).